The molecule has 0 aromatic carbocycles. The highest BCUT2D eigenvalue weighted by Gasteiger charge is 2.46. The van der Waals surface area contributed by atoms with Gasteiger partial charge in [0.15, 0.2) is 0 Å². The van der Waals surface area contributed by atoms with Crippen molar-refractivity contribution in [2.45, 2.75) is 51.6 Å². The molecule has 2 aliphatic rings. The average molecular weight is 253 g/mol. The monoisotopic (exact) mass is 253 g/mol. The first-order chi connectivity index (χ1) is 8.43. The van der Waals surface area contributed by atoms with E-state index in [0.717, 1.165) is 45.4 Å². The van der Waals surface area contributed by atoms with Crippen molar-refractivity contribution in [3.05, 3.63) is 0 Å². The fraction of sp³-hybridized carbons (Fsp3) is 0.929. The molecule has 0 aromatic rings. The molecule has 1 saturated carbocycles. The van der Waals surface area contributed by atoms with Crippen molar-refractivity contribution in [2.24, 2.45) is 11.7 Å². The lowest BCUT2D eigenvalue weighted by Crippen LogP contribution is -2.55. The molecule has 2 rings (SSSR count). The molecule has 1 aliphatic carbocycles. The number of hydrogen-bond donors (Lipinski definition) is 1. The van der Waals surface area contributed by atoms with E-state index < -0.39 is 5.54 Å². The van der Waals surface area contributed by atoms with Crippen molar-refractivity contribution in [1.29, 1.82) is 0 Å². The van der Waals surface area contributed by atoms with Gasteiger partial charge in [0.05, 0.1) is 5.54 Å². The predicted molar refractivity (Wildman–Crippen MR) is 73.2 cm³/mol. The summed E-state index contributed by atoms with van der Waals surface area (Å²) in [6.45, 7) is 10.1. The highest BCUT2D eigenvalue weighted by Crippen LogP contribution is 2.39. The Bertz CT molecular complexity index is 310. The lowest BCUT2D eigenvalue weighted by atomic mass is 9.95. The van der Waals surface area contributed by atoms with Crippen LogP contribution >= 0.6 is 0 Å². The summed E-state index contributed by atoms with van der Waals surface area (Å²) in [5, 5.41) is 0. The van der Waals surface area contributed by atoms with E-state index in [4.69, 9.17) is 5.73 Å². The SMILES string of the molecule is CC(C)N1CCCN(C(=O)C(C)(N)C2CC2)CC1. The Hall–Kier alpha value is -0.610. The standard InChI is InChI=1S/C14H27N3O/c1-11(2)16-7-4-8-17(10-9-16)13(18)14(3,15)12-5-6-12/h11-12H,4-10,15H2,1-3H3. The van der Waals surface area contributed by atoms with Gasteiger partial charge in [0.25, 0.3) is 0 Å². The maximum atomic E-state index is 12.5. The van der Waals surface area contributed by atoms with Crippen molar-refractivity contribution in [1.82, 2.24) is 9.80 Å². The van der Waals surface area contributed by atoms with E-state index in [9.17, 15) is 4.79 Å². The van der Waals surface area contributed by atoms with Gasteiger partial charge < -0.3 is 10.6 Å². The van der Waals surface area contributed by atoms with Crippen molar-refractivity contribution < 1.29 is 4.79 Å². The van der Waals surface area contributed by atoms with Crippen LogP contribution in [0.25, 0.3) is 0 Å². The summed E-state index contributed by atoms with van der Waals surface area (Å²) in [7, 11) is 0. The second kappa shape index (κ2) is 5.17. The van der Waals surface area contributed by atoms with E-state index >= 15 is 0 Å². The molecule has 1 saturated heterocycles. The van der Waals surface area contributed by atoms with Gasteiger partial charge in [-0.05, 0) is 46.0 Å². The van der Waals surface area contributed by atoms with Gasteiger partial charge in [0.1, 0.15) is 0 Å². The molecule has 1 unspecified atom stereocenters. The van der Waals surface area contributed by atoms with Crippen molar-refractivity contribution >= 4 is 5.91 Å². The number of carbonyl (C=O) groups is 1. The first-order valence-corrected chi connectivity index (χ1v) is 7.25. The highest BCUT2D eigenvalue weighted by atomic mass is 16.2. The molecule has 1 aliphatic heterocycles. The fourth-order valence-electron chi connectivity index (χ4n) is 2.86. The summed E-state index contributed by atoms with van der Waals surface area (Å²) < 4.78 is 0. The van der Waals surface area contributed by atoms with Crippen LogP contribution in [0.4, 0.5) is 0 Å². The maximum absolute atomic E-state index is 12.5. The molecule has 2 N–H and O–H groups in total. The zero-order valence-corrected chi connectivity index (χ0v) is 12.0. The first-order valence-electron chi connectivity index (χ1n) is 7.25. The second-order valence-corrected chi connectivity index (χ2v) is 6.33. The van der Waals surface area contributed by atoms with Crippen LogP contribution in [-0.4, -0.2) is 53.5 Å². The summed E-state index contributed by atoms with van der Waals surface area (Å²) >= 11 is 0. The Balaban J connectivity index is 1.95. The third kappa shape index (κ3) is 2.86. The molecule has 0 radical (unpaired) electrons. The molecule has 18 heavy (non-hydrogen) atoms. The Morgan fingerprint density at radius 1 is 1.22 bits per heavy atom. The second-order valence-electron chi connectivity index (χ2n) is 6.33. The van der Waals surface area contributed by atoms with Gasteiger partial charge in [-0.2, -0.15) is 0 Å². The largest absolute Gasteiger partial charge is 0.340 e. The summed E-state index contributed by atoms with van der Waals surface area (Å²) in [5.74, 6) is 0.574. The summed E-state index contributed by atoms with van der Waals surface area (Å²) in [6.07, 6.45) is 3.29. The third-order valence-electron chi connectivity index (χ3n) is 4.43. The Labute approximate surface area is 110 Å². The minimum Gasteiger partial charge on any atom is -0.340 e. The van der Waals surface area contributed by atoms with Gasteiger partial charge in [-0.25, -0.2) is 0 Å². The Morgan fingerprint density at radius 3 is 2.44 bits per heavy atom. The molecular formula is C14H27N3O. The predicted octanol–water partition coefficient (Wildman–Crippen LogP) is 1.06. The van der Waals surface area contributed by atoms with E-state index in [2.05, 4.69) is 18.7 Å². The quantitative estimate of drug-likeness (QED) is 0.818. The lowest BCUT2D eigenvalue weighted by Gasteiger charge is -2.31. The van der Waals surface area contributed by atoms with Crippen molar-refractivity contribution in [3.8, 4) is 0 Å². The molecule has 4 nitrogen and oxygen atoms in total. The molecule has 0 bridgehead atoms. The molecule has 0 aromatic heterocycles. The minimum atomic E-state index is -0.632. The number of nitrogens with two attached hydrogens (primary N) is 1. The minimum absolute atomic E-state index is 0.163. The van der Waals surface area contributed by atoms with Gasteiger partial charge in [0, 0.05) is 32.2 Å². The smallest absolute Gasteiger partial charge is 0.242 e. The van der Waals surface area contributed by atoms with E-state index in [0.29, 0.717) is 12.0 Å². The zero-order valence-electron chi connectivity index (χ0n) is 12.0. The maximum Gasteiger partial charge on any atom is 0.242 e. The Kier molecular flexibility index (Phi) is 3.97. The van der Waals surface area contributed by atoms with Crippen LogP contribution < -0.4 is 5.73 Å². The molecule has 1 atom stereocenters. The average Bonchev–Trinajstić information content (AvgIpc) is 3.14. The van der Waals surface area contributed by atoms with Crippen LogP contribution in [0.1, 0.15) is 40.0 Å². The van der Waals surface area contributed by atoms with Crippen LogP contribution in [0, 0.1) is 5.92 Å². The number of hydrogen-bond acceptors (Lipinski definition) is 3. The number of rotatable bonds is 3. The van der Waals surface area contributed by atoms with E-state index in [-0.39, 0.29) is 5.91 Å². The normalized spacial score (nSPS) is 25.9. The molecule has 2 fully saturated rings. The lowest BCUT2D eigenvalue weighted by molar-refractivity contribution is -0.137. The summed E-state index contributed by atoms with van der Waals surface area (Å²) in [5.41, 5.74) is 5.61. The van der Waals surface area contributed by atoms with Crippen molar-refractivity contribution in [2.75, 3.05) is 26.2 Å². The molecule has 1 amide bonds. The first kappa shape index (κ1) is 13.8. The topological polar surface area (TPSA) is 49.6 Å². The van der Waals surface area contributed by atoms with Gasteiger partial charge in [0.2, 0.25) is 5.91 Å². The van der Waals surface area contributed by atoms with Crippen molar-refractivity contribution in [3.63, 3.8) is 0 Å². The van der Waals surface area contributed by atoms with Crippen LogP contribution in [0.3, 0.4) is 0 Å². The molecule has 1 heterocycles. The van der Waals surface area contributed by atoms with Crippen LogP contribution in [0.15, 0.2) is 0 Å². The fourth-order valence-corrected chi connectivity index (χ4v) is 2.86. The number of nitrogens with zero attached hydrogens (tertiary/aromatic N) is 2. The summed E-state index contributed by atoms with van der Waals surface area (Å²) in [4.78, 5) is 16.9. The Morgan fingerprint density at radius 2 is 1.89 bits per heavy atom. The molecule has 0 spiro atoms. The molecule has 4 heteroatoms. The highest BCUT2D eigenvalue weighted by molar-refractivity contribution is 5.86. The number of amides is 1. The van der Waals surface area contributed by atoms with Gasteiger partial charge >= 0.3 is 0 Å². The molecular weight excluding hydrogens is 226 g/mol. The van der Waals surface area contributed by atoms with Crippen LogP contribution in [-0.2, 0) is 4.79 Å². The van der Waals surface area contributed by atoms with E-state index in [1.54, 1.807) is 0 Å². The molecule has 104 valence electrons. The zero-order chi connectivity index (χ0) is 13.3. The third-order valence-corrected chi connectivity index (χ3v) is 4.43. The van der Waals surface area contributed by atoms with Gasteiger partial charge in [-0.3, -0.25) is 9.69 Å². The van der Waals surface area contributed by atoms with E-state index in [1.165, 1.54) is 0 Å². The van der Waals surface area contributed by atoms with Gasteiger partial charge in [-0.1, -0.05) is 0 Å². The number of carbonyl (C=O) groups excluding carboxylic acids is 1. The summed E-state index contributed by atoms with van der Waals surface area (Å²) in [6, 6.07) is 0.563. The van der Waals surface area contributed by atoms with Crippen LogP contribution in [0.5, 0.6) is 0 Å². The van der Waals surface area contributed by atoms with E-state index in [1.807, 2.05) is 11.8 Å². The van der Waals surface area contributed by atoms with Gasteiger partial charge in [-0.15, -0.1) is 0 Å². The van der Waals surface area contributed by atoms with Crippen LogP contribution in [0.2, 0.25) is 0 Å².